The Morgan fingerprint density at radius 2 is 1.62 bits per heavy atom. The largest absolute Gasteiger partial charge is 0.357 e. The lowest BCUT2D eigenvalue weighted by Gasteiger charge is -2.33. The van der Waals surface area contributed by atoms with Gasteiger partial charge in [0.15, 0.2) is 0 Å². The summed E-state index contributed by atoms with van der Waals surface area (Å²) in [5.74, 6) is 3.12. The number of hydrogen-bond donors (Lipinski definition) is 1. The van der Waals surface area contributed by atoms with Crippen LogP contribution in [0.1, 0.15) is 50.6 Å². The van der Waals surface area contributed by atoms with Crippen molar-refractivity contribution in [2.24, 2.45) is 11.8 Å². The minimum absolute atomic E-state index is 0. The molecule has 138 valence electrons. The number of pyridine rings is 1. The van der Waals surface area contributed by atoms with E-state index in [4.69, 9.17) is 0 Å². The van der Waals surface area contributed by atoms with Crippen LogP contribution in [0, 0.1) is 18.8 Å². The van der Waals surface area contributed by atoms with Crippen LogP contribution < -0.4 is 10.2 Å². The van der Waals surface area contributed by atoms with Crippen LogP contribution in [0.5, 0.6) is 0 Å². The van der Waals surface area contributed by atoms with Crippen molar-refractivity contribution in [2.75, 3.05) is 31.1 Å². The van der Waals surface area contributed by atoms with E-state index in [1.807, 2.05) is 0 Å². The molecule has 0 atom stereocenters. The molecular weight excluding hydrogens is 341 g/mol. The highest BCUT2D eigenvalue weighted by Gasteiger charge is 2.20. The molecule has 0 saturated carbocycles. The van der Waals surface area contributed by atoms with Crippen molar-refractivity contribution in [1.82, 2.24) is 10.3 Å². The first-order valence-corrected chi connectivity index (χ1v) is 9.20. The Labute approximate surface area is 159 Å². The van der Waals surface area contributed by atoms with Crippen LogP contribution in [-0.2, 0) is 0 Å². The number of nitrogens with one attached hydrogen (secondary N) is 1. The van der Waals surface area contributed by atoms with Crippen LogP contribution >= 0.6 is 24.8 Å². The number of aryl methyl sites for hydroxylation is 1. The molecule has 0 radical (unpaired) electrons. The van der Waals surface area contributed by atoms with E-state index in [2.05, 4.69) is 40.3 Å². The van der Waals surface area contributed by atoms with Gasteiger partial charge in [0.05, 0.1) is 0 Å². The summed E-state index contributed by atoms with van der Waals surface area (Å²) in [7, 11) is 0. The van der Waals surface area contributed by atoms with Crippen molar-refractivity contribution in [3.63, 3.8) is 0 Å². The van der Waals surface area contributed by atoms with E-state index < -0.39 is 0 Å². The maximum absolute atomic E-state index is 4.67. The molecule has 2 aliphatic rings. The number of piperidine rings is 2. The molecule has 2 saturated heterocycles. The van der Waals surface area contributed by atoms with Gasteiger partial charge >= 0.3 is 0 Å². The van der Waals surface area contributed by atoms with E-state index in [1.54, 1.807) is 0 Å². The van der Waals surface area contributed by atoms with Crippen LogP contribution in [-0.4, -0.2) is 31.2 Å². The number of rotatable bonds is 5. The van der Waals surface area contributed by atoms with Gasteiger partial charge in [0.25, 0.3) is 0 Å². The number of nitrogens with zero attached hydrogens (tertiary/aromatic N) is 2. The first-order valence-electron chi connectivity index (χ1n) is 9.20. The van der Waals surface area contributed by atoms with Crippen LogP contribution in [0.3, 0.4) is 0 Å². The molecule has 0 amide bonds. The third-order valence-electron chi connectivity index (χ3n) is 5.50. The maximum atomic E-state index is 4.67. The molecule has 3 heterocycles. The fourth-order valence-corrected chi connectivity index (χ4v) is 4.02. The SMILES string of the molecule is Cc1cccc(N2CCC(CCCC3CCNCC3)CC2)n1.Cl.Cl. The molecule has 0 unspecified atom stereocenters. The first kappa shape index (κ1) is 21.5. The molecule has 2 fully saturated rings. The Morgan fingerprint density at radius 1 is 1.00 bits per heavy atom. The van der Waals surface area contributed by atoms with Crippen LogP contribution in [0.4, 0.5) is 5.82 Å². The van der Waals surface area contributed by atoms with Gasteiger partial charge in [-0.3, -0.25) is 0 Å². The molecule has 1 N–H and O–H groups in total. The van der Waals surface area contributed by atoms with E-state index >= 15 is 0 Å². The van der Waals surface area contributed by atoms with Gasteiger partial charge in [-0.05, 0) is 69.7 Å². The molecule has 1 aromatic rings. The second-order valence-corrected chi connectivity index (χ2v) is 7.19. The molecule has 5 heteroatoms. The summed E-state index contributed by atoms with van der Waals surface area (Å²) in [5, 5.41) is 3.47. The van der Waals surface area contributed by atoms with E-state index in [1.165, 1.54) is 76.9 Å². The summed E-state index contributed by atoms with van der Waals surface area (Å²) < 4.78 is 0. The lowest BCUT2D eigenvalue weighted by atomic mass is 9.87. The molecule has 3 nitrogen and oxygen atoms in total. The topological polar surface area (TPSA) is 28.2 Å². The monoisotopic (exact) mass is 373 g/mol. The number of anilines is 1. The van der Waals surface area contributed by atoms with Crippen LogP contribution in [0.15, 0.2) is 18.2 Å². The Kier molecular flexibility index (Phi) is 10.0. The molecule has 0 aliphatic carbocycles. The summed E-state index contributed by atoms with van der Waals surface area (Å²) in [6.45, 7) is 6.94. The third-order valence-corrected chi connectivity index (χ3v) is 5.50. The van der Waals surface area contributed by atoms with Gasteiger partial charge in [0.1, 0.15) is 5.82 Å². The lowest BCUT2D eigenvalue weighted by molar-refractivity contribution is 0.313. The second-order valence-electron chi connectivity index (χ2n) is 7.19. The highest BCUT2D eigenvalue weighted by Crippen LogP contribution is 2.27. The van der Waals surface area contributed by atoms with Crippen molar-refractivity contribution in [1.29, 1.82) is 0 Å². The molecule has 0 aromatic carbocycles. The van der Waals surface area contributed by atoms with Gasteiger partial charge in [-0.2, -0.15) is 0 Å². The Hall–Kier alpha value is -0.510. The molecule has 2 aliphatic heterocycles. The average Bonchev–Trinajstić information content (AvgIpc) is 2.56. The van der Waals surface area contributed by atoms with Crippen molar-refractivity contribution < 1.29 is 0 Å². The van der Waals surface area contributed by atoms with Gasteiger partial charge in [-0.15, -0.1) is 24.8 Å². The van der Waals surface area contributed by atoms with Crippen molar-refractivity contribution in [3.05, 3.63) is 23.9 Å². The Bertz CT molecular complexity index is 456. The molecule has 1 aromatic heterocycles. The fourth-order valence-electron chi connectivity index (χ4n) is 4.02. The van der Waals surface area contributed by atoms with Crippen molar-refractivity contribution >= 4 is 30.6 Å². The normalized spacial score (nSPS) is 19.5. The minimum Gasteiger partial charge on any atom is -0.357 e. The molecule has 24 heavy (non-hydrogen) atoms. The average molecular weight is 374 g/mol. The van der Waals surface area contributed by atoms with Gasteiger partial charge in [-0.1, -0.05) is 25.3 Å². The molecule has 0 spiro atoms. The standard InChI is InChI=1S/C19H31N3.2ClH/c1-16-4-2-7-19(21-16)22-14-10-18(11-15-22)6-3-5-17-8-12-20-13-9-17;;/h2,4,7,17-18,20H,3,5-6,8-15H2,1H3;2*1H. The van der Waals surface area contributed by atoms with Gasteiger partial charge in [-0.25, -0.2) is 4.98 Å². The maximum Gasteiger partial charge on any atom is 0.128 e. The summed E-state index contributed by atoms with van der Waals surface area (Å²) in [6, 6.07) is 6.37. The van der Waals surface area contributed by atoms with Gasteiger partial charge in [0.2, 0.25) is 0 Å². The van der Waals surface area contributed by atoms with Gasteiger partial charge in [0, 0.05) is 18.8 Å². The van der Waals surface area contributed by atoms with Gasteiger partial charge < -0.3 is 10.2 Å². The summed E-state index contributed by atoms with van der Waals surface area (Å²) >= 11 is 0. The quantitative estimate of drug-likeness (QED) is 0.815. The lowest BCUT2D eigenvalue weighted by Crippen LogP contribution is -2.34. The Morgan fingerprint density at radius 3 is 2.25 bits per heavy atom. The summed E-state index contributed by atoms with van der Waals surface area (Å²) in [5.41, 5.74) is 1.13. The van der Waals surface area contributed by atoms with E-state index in [9.17, 15) is 0 Å². The smallest absolute Gasteiger partial charge is 0.128 e. The van der Waals surface area contributed by atoms with E-state index in [-0.39, 0.29) is 24.8 Å². The highest BCUT2D eigenvalue weighted by molar-refractivity contribution is 5.85. The zero-order valence-electron chi connectivity index (χ0n) is 14.9. The molecule has 0 bridgehead atoms. The number of halogens is 2. The second kappa shape index (κ2) is 11.2. The predicted octanol–water partition coefficient (Wildman–Crippen LogP) is 4.62. The zero-order chi connectivity index (χ0) is 15.2. The van der Waals surface area contributed by atoms with Crippen LogP contribution in [0.2, 0.25) is 0 Å². The Balaban J connectivity index is 0.00000144. The first-order chi connectivity index (χ1) is 10.8. The number of aromatic nitrogens is 1. The predicted molar refractivity (Wildman–Crippen MR) is 108 cm³/mol. The van der Waals surface area contributed by atoms with E-state index in [0.29, 0.717) is 0 Å². The minimum atomic E-state index is 0. The van der Waals surface area contributed by atoms with Crippen molar-refractivity contribution in [2.45, 2.75) is 51.9 Å². The summed E-state index contributed by atoms with van der Waals surface area (Å²) in [6.07, 6.45) is 9.84. The number of hydrogen-bond acceptors (Lipinski definition) is 3. The van der Waals surface area contributed by atoms with E-state index in [0.717, 1.165) is 17.5 Å². The highest BCUT2D eigenvalue weighted by atomic mass is 35.5. The molecule has 3 rings (SSSR count). The molecular formula is C19H33Cl2N3. The van der Waals surface area contributed by atoms with Crippen molar-refractivity contribution in [3.8, 4) is 0 Å². The fraction of sp³-hybridized carbons (Fsp3) is 0.737. The zero-order valence-corrected chi connectivity index (χ0v) is 16.5. The summed E-state index contributed by atoms with van der Waals surface area (Å²) in [4.78, 5) is 7.13. The third kappa shape index (κ3) is 6.42. The van der Waals surface area contributed by atoms with Crippen LogP contribution in [0.25, 0.3) is 0 Å².